The maximum atomic E-state index is 12.1. The fourth-order valence-electron chi connectivity index (χ4n) is 2.10. The number of benzene rings is 1. The standard InChI is InChI=1S/C15H21N5O/c1-19(10-14-17-7-8-20(14)2)11-15(21)18-13-6-4-3-5-12(13)9-16/h3-8H,9-11,16H2,1-2H3,(H,18,21). The number of anilines is 1. The number of amides is 1. The van der Waals surface area contributed by atoms with Gasteiger partial charge in [0.05, 0.1) is 13.1 Å². The van der Waals surface area contributed by atoms with Crippen molar-refractivity contribution in [3.05, 3.63) is 48.0 Å². The summed E-state index contributed by atoms with van der Waals surface area (Å²) < 4.78 is 1.94. The lowest BCUT2D eigenvalue weighted by Gasteiger charge is -2.16. The molecule has 1 heterocycles. The minimum Gasteiger partial charge on any atom is -0.337 e. The van der Waals surface area contributed by atoms with E-state index in [2.05, 4.69) is 10.3 Å². The molecule has 1 amide bonds. The summed E-state index contributed by atoms with van der Waals surface area (Å²) >= 11 is 0. The molecule has 0 unspecified atom stereocenters. The Labute approximate surface area is 124 Å². The maximum Gasteiger partial charge on any atom is 0.238 e. The molecule has 0 saturated heterocycles. The fraction of sp³-hybridized carbons (Fsp3) is 0.333. The van der Waals surface area contributed by atoms with Gasteiger partial charge >= 0.3 is 0 Å². The first kappa shape index (κ1) is 15.2. The van der Waals surface area contributed by atoms with E-state index in [0.29, 0.717) is 19.6 Å². The number of likely N-dealkylation sites (N-methyl/N-ethyl adjacent to an activating group) is 1. The van der Waals surface area contributed by atoms with Gasteiger partial charge in [0.25, 0.3) is 0 Å². The molecule has 0 aliphatic rings. The molecule has 3 N–H and O–H groups in total. The molecule has 0 atom stereocenters. The monoisotopic (exact) mass is 287 g/mol. The first-order chi connectivity index (χ1) is 10.1. The van der Waals surface area contributed by atoms with Crippen LogP contribution in [-0.4, -0.2) is 34.0 Å². The van der Waals surface area contributed by atoms with Gasteiger partial charge in [-0.25, -0.2) is 4.98 Å². The lowest BCUT2D eigenvalue weighted by Crippen LogP contribution is -2.31. The van der Waals surface area contributed by atoms with Crippen molar-refractivity contribution in [2.24, 2.45) is 12.8 Å². The summed E-state index contributed by atoms with van der Waals surface area (Å²) in [7, 11) is 3.83. The Morgan fingerprint density at radius 1 is 1.43 bits per heavy atom. The van der Waals surface area contributed by atoms with E-state index in [9.17, 15) is 4.79 Å². The molecule has 2 aromatic rings. The topological polar surface area (TPSA) is 76.2 Å². The first-order valence-corrected chi connectivity index (χ1v) is 6.82. The molecule has 1 aromatic carbocycles. The van der Waals surface area contributed by atoms with Gasteiger partial charge in [0.2, 0.25) is 5.91 Å². The van der Waals surface area contributed by atoms with E-state index in [0.717, 1.165) is 17.1 Å². The van der Waals surface area contributed by atoms with Crippen LogP contribution in [0.1, 0.15) is 11.4 Å². The van der Waals surface area contributed by atoms with Gasteiger partial charge in [-0.2, -0.15) is 0 Å². The molecule has 0 saturated carbocycles. The van der Waals surface area contributed by atoms with Gasteiger partial charge in [-0.05, 0) is 18.7 Å². The van der Waals surface area contributed by atoms with Crippen LogP contribution in [-0.2, 0) is 24.9 Å². The normalized spacial score (nSPS) is 10.9. The third kappa shape index (κ3) is 4.14. The summed E-state index contributed by atoms with van der Waals surface area (Å²) in [5, 5.41) is 2.90. The van der Waals surface area contributed by atoms with Crippen molar-refractivity contribution < 1.29 is 4.79 Å². The number of hydrogen-bond acceptors (Lipinski definition) is 4. The number of rotatable bonds is 6. The van der Waals surface area contributed by atoms with Gasteiger partial charge < -0.3 is 15.6 Å². The second-order valence-electron chi connectivity index (χ2n) is 5.04. The van der Waals surface area contributed by atoms with E-state index in [1.807, 2.05) is 54.0 Å². The first-order valence-electron chi connectivity index (χ1n) is 6.82. The largest absolute Gasteiger partial charge is 0.337 e. The van der Waals surface area contributed by atoms with E-state index in [-0.39, 0.29) is 5.91 Å². The highest BCUT2D eigenvalue weighted by Gasteiger charge is 2.10. The minimum absolute atomic E-state index is 0.0624. The van der Waals surface area contributed by atoms with Crippen LogP contribution < -0.4 is 11.1 Å². The smallest absolute Gasteiger partial charge is 0.238 e. The molecule has 1 aromatic heterocycles. The van der Waals surface area contributed by atoms with Crippen LogP contribution in [0.4, 0.5) is 5.69 Å². The number of aryl methyl sites for hydroxylation is 1. The second-order valence-corrected chi connectivity index (χ2v) is 5.04. The molecular weight excluding hydrogens is 266 g/mol. The summed E-state index contributed by atoms with van der Waals surface area (Å²) in [5.74, 6) is 0.861. The van der Waals surface area contributed by atoms with Crippen molar-refractivity contribution in [1.29, 1.82) is 0 Å². The summed E-state index contributed by atoms with van der Waals surface area (Å²) in [6, 6.07) is 7.56. The molecule has 0 aliphatic heterocycles. The van der Waals surface area contributed by atoms with Crippen LogP contribution in [0.3, 0.4) is 0 Å². The zero-order valence-corrected chi connectivity index (χ0v) is 12.4. The highest BCUT2D eigenvalue weighted by molar-refractivity contribution is 5.92. The average Bonchev–Trinajstić information content (AvgIpc) is 2.84. The van der Waals surface area contributed by atoms with Gasteiger partial charge in [0, 0.05) is 31.7 Å². The zero-order valence-electron chi connectivity index (χ0n) is 12.4. The Hall–Kier alpha value is -2.18. The van der Waals surface area contributed by atoms with Crippen LogP contribution in [0.5, 0.6) is 0 Å². The van der Waals surface area contributed by atoms with Crippen molar-refractivity contribution in [3.63, 3.8) is 0 Å². The highest BCUT2D eigenvalue weighted by Crippen LogP contribution is 2.14. The number of nitrogens with one attached hydrogen (secondary N) is 1. The van der Waals surface area contributed by atoms with Crippen LogP contribution in [0.15, 0.2) is 36.7 Å². The van der Waals surface area contributed by atoms with Gasteiger partial charge in [-0.1, -0.05) is 18.2 Å². The molecule has 112 valence electrons. The van der Waals surface area contributed by atoms with Crippen LogP contribution in [0.25, 0.3) is 0 Å². The van der Waals surface area contributed by atoms with E-state index < -0.39 is 0 Å². The molecule has 6 nitrogen and oxygen atoms in total. The molecule has 0 bridgehead atoms. The van der Waals surface area contributed by atoms with Gasteiger partial charge in [-0.15, -0.1) is 0 Å². The van der Waals surface area contributed by atoms with Crippen LogP contribution >= 0.6 is 0 Å². The second kappa shape index (κ2) is 7.01. The number of imidazole rings is 1. The summed E-state index contributed by atoms with van der Waals surface area (Å²) in [5.41, 5.74) is 7.36. The maximum absolute atomic E-state index is 12.1. The van der Waals surface area contributed by atoms with Crippen molar-refractivity contribution in [1.82, 2.24) is 14.5 Å². The highest BCUT2D eigenvalue weighted by atomic mass is 16.2. The molecule has 21 heavy (non-hydrogen) atoms. The number of carbonyl (C=O) groups is 1. The predicted molar refractivity (Wildman–Crippen MR) is 82.5 cm³/mol. The Morgan fingerprint density at radius 3 is 2.86 bits per heavy atom. The van der Waals surface area contributed by atoms with E-state index in [1.165, 1.54) is 0 Å². The number of aromatic nitrogens is 2. The average molecular weight is 287 g/mol. The van der Waals surface area contributed by atoms with Crippen molar-refractivity contribution in [2.45, 2.75) is 13.1 Å². The van der Waals surface area contributed by atoms with Gasteiger partial charge in [0.15, 0.2) is 0 Å². The minimum atomic E-state index is -0.0624. The van der Waals surface area contributed by atoms with Crippen molar-refractivity contribution >= 4 is 11.6 Å². The molecular formula is C15H21N5O. The van der Waals surface area contributed by atoms with E-state index in [4.69, 9.17) is 5.73 Å². The molecule has 0 spiro atoms. The molecule has 0 aliphatic carbocycles. The number of carbonyl (C=O) groups excluding carboxylic acids is 1. The van der Waals surface area contributed by atoms with Gasteiger partial charge in [0.1, 0.15) is 5.82 Å². The Morgan fingerprint density at radius 2 is 2.19 bits per heavy atom. The summed E-state index contributed by atoms with van der Waals surface area (Å²) in [4.78, 5) is 18.3. The Kier molecular flexibility index (Phi) is 5.08. The van der Waals surface area contributed by atoms with Crippen molar-refractivity contribution in [2.75, 3.05) is 18.9 Å². The lowest BCUT2D eigenvalue weighted by atomic mass is 10.2. The van der Waals surface area contributed by atoms with Crippen molar-refractivity contribution in [3.8, 4) is 0 Å². The third-order valence-electron chi connectivity index (χ3n) is 3.26. The quantitative estimate of drug-likeness (QED) is 0.829. The number of para-hydroxylation sites is 1. The van der Waals surface area contributed by atoms with E-state index in [1.54, 1.807) is 6.20 Å². The number of hydrogen-bond donors (Lipinski definition) is 2. The summed E-state index contributed by atoms with van der Waals surface area (Å²) in [6.45, 7) is 1.32. The van der Waals surface area contributed by atoms with Crippen LogP contribution in [0, 0.1) is 0 Å². The molecule has 2 rings (SSSR count). The summed E-state index contributed by atoms with van der Waals surface area (Å²) in [6.07, 6.45) is 3.64. The van der Waals surface area contributed by atoms with Gasteiger partial charge in [-0.3, -0.25) is 9.69 Å². The lowest BCUT2D eigenvalue weighted by molar-refractivity contribution is -0.117. The van der Waals surface area contributed by atoms with E-state index >= 15 is 0 Å². The Bertz CT molecular complexity index is 608. The SMILES string of the molecule is CN(CC(=O)Nc1ccccc1CN)Cc1nccn1C. The Balaban J connectivity index is 1.91. The van der Waals surface area contributed by atoms with Crippen LogP contribution in [0.2, 0.25) is 0 Å². The third-order valence-corrected chi connectivity index (χ3v) is 3.26. The molecule has 6 heteroatoms. The molecule has 0 fully saturated rings. The predicted octanol–water partition coefficient (Wildman–Crippen LogP) is 0.949. The number of nitrogens with zero attached hydrogens (tertiary/aromatic N) is 3. The zero-order chi connectivity index (χ0) is 15.2. The molecule has 0 radical (unpaired) electrons. The number of nitrogens with two attached hydrogens (primary N) is 1. The fourth-order valence-corrected chi connectivity index (χ4v) is 2.10.